The van der Waals surface area contributed by atoms with Gasteiger partial charge in [0, 0.05) is 6.04 Å². The van der Waals surface area contributed by atoms with Gasteiger partial charge < -0.3 is 5.32 Å². The average molecular weight is 265 g/mol. The Morgan fingerprint density at radius 1 is 1.16 bits per heavy atom. The van der Waals surface area contributed by atoms with Gasteiger partial charge in [-0.05, 0) is 61.8 Å². The third kappa shape index (κ3) is 3.35. The highest BCUT2D eigenvalue weighted by Crippen LogP contribution is 2.62. The molecule has 1 heterocycles. The lowest BCUT2D eigenvalue weighted by Gasteiger charge is -2.32. The average Bonchev–Trinajstić information content (AvgIpc) is 3.09. The van der Waals surface area contributed by atoms with Gasteiger partial charge in [0.05, 0.1) is 0 Å². The van der Waals surface area contributed by atoms with E-state index in [-0.39, 0.29) is 0 Å². The van der Waals surface area contributed by atoms with Crippen LogP contribution in [0, 0.1) is 23.2 Å². The Bertz CT molecular complexity index is 275. The van der Waals surface area contributed by atoms with E-state index in [0.29, 0.717) is 5.41 Å². The summed E-state index contributed by atoms with van der Waals surface area (Å²) in [5.74, 6) is 2.93. The van der Waals surface area contributed by atoms with Crippen molar-refractivity contribution in [2.45, 2.75) is 85.1 Å². The zero-order valence-corrected chi connectivity index (χ0v) is 13.7. The summed E-state index contributed by atoms with van der Waals surface area (Å²) >= 11 is 0. The fourth-order valence-electron chi connectivity index (χ4n) is 4.69. The molecule has 5 unspecified atom stereocenters. The second-order valence-electron chi connectivity index (χ2n) is 7.42. The van der Waals surface area contributed by atoms with E-state index in [4.69, 9.17) is 0 Å². The van der Waals surface area contributed by atoms with Crippen LogP contribution < -0.4 is 5.32 Å². The third-order valence-electron chi connectivity index (χ3n) is 6.23. The topological polar surface area (TPSA) is 12.0 Å². The van der Waals surface area contributed by atoms with Crippen molar-refractivity contribution in [1.29, 1.82) is 0 Å². The second kappa shape index (κ2) is 6.61. The zero-order chi connectivity index (χ0) is 13.9. The van der Waals surface area contributed by atoms with Gasteiger partial charge in [-0.25, -0.2) is 0 Å². The fraction of sp³-hybridized carbons (Fsp3) is 1.00. The molecular weight excluding hydrogens is 230 g/mol. The van der Waals surface area contributed by atoms with E-state index in [2.05, 4.69) is 33.0 Å². The molecule has 1 N–H and O–H groups in total. The molecule has 5 atom stereocenters. The number of nitrogens with one attached hydrogen (secondary N) is 1. The normalized spacial score (nSPS) is 43.6. The van der Waals surface area contributed by atoms with Crippen LogP contribution >= 0.6 is 0 Å². The minimum atomic E-state index is 0.661. The van der Waals surface area contributed by atoms with Gasteiger partial charge in [0.2, 0.25) is 0 Å². The molecule has 0 aromatic heterocycles. The Hall–Kier alpha value is -0.0400. The molecule has 1 aliphatic heterocycles. The largest absolute Gasteiger partial charge is 0.314 e. The molecule has 19 heavy (non-hydrogen) atoms. The molecule has 1 heteroatoms. The predicted molar refractivity (Wildman–Crippen MR) is 84.3 cm³/mol. The quantitative estimate of drug-likeness (QED) is 0.753. The highest BCUT2D eigenvalue weighted by molar-refractivity contribution is 5.08. The van der Waals surface area contributed by atoms with Gasteiger partial charge >= 0.3 is 0 Å². The summed E-state index contributed by atoms with van der Waals surface area (Å²) in [6, 6.07) is 0.794. The van der Waals surface area contributed by atoms with E-state index in [1.54, 1.807) is 0 Å². The predicted octanol–water partition coefficient (Wildman–Crippen LogP) is 5.01. The highest BCUT2D eigenvalue weighted by atomic mass is 14.9. The Morgan fingerprint density at radius 3 is 2.58 bits per heavy atom. The Balaban J connectivity index is 2.09. The lowest BCUT2D eigenvalue weighted by Crippen LogP contribution is -2.35. The lowest BCUT2D eigenvalue weighted by molar-refractivity contribution is 0.195. The van der Waals surface area contributed by atoms with Gasteiger partial charge in [0.15, 0.2) is 0 Å². The Morgan fingerprint density at radius 2 is 1.95 bits per heavy atom. The van der Waals surface area contributed by atoms with E-state index >= 15 is 0 Å². The van der Waals surface area contributed by atoms with Crippen LogP contribution in [0.3, 0.4) is 0 Å². The third-order valence-corrected chi connectivity index (χ3v) is 6.23. The molecule has 1 saturated heterocycles. The van der Waals surface area contributed by atoms with E-state index in [0.717, 1.165) is 23.8 Å². The van der Waals surface area contributed by atoms with Crippen molar-refractivity contribution in [3.8, 4) is 0 Å². The van der Waals surface area contributed by atoms with Crippen LogP contribution in [0.4, 0.5) is 0 Å². The standard InChI is InChI=1S/C18H35N/c1-5-9-15-12-14(6-2)10-8-11-19-17(7-3)16-13-18(15,16)4/h14-17,19H,5-13H2,1-4H3. The molecule has 1 saturated carbocycles. The summed E-state index contributed by atoms with van der Waals surface area (Å²) in [6.07, 6.45) is 11.4. The summed E-state index contributed by atoms with van der Waals surface area (Å²) in [6.45, 7) is 11.0. The SMILES string of the molecule is CCCC1CC(CC)CCCNC(CC)C2CC12C. The van der Waals surface area contributed by atoms with Crippen molar-refractivity contribution < 1.29 is 0 Å². The highest BCUT2D eigenvalue weighted by Gasteiger charge is 2.57. The maximum absolute atomic E-state index is 3.86. The van der Waals surface area contributed by atoms with E-state index in [9.17, 15) is 0 Å². The molecule has 2 rings (SSSR count). The van der Waals surface area contributed by atoms with Crippen molar-refractivity contribution in [2.75, 3.05) is 6.54 Å². The molecule has 1 aliphatic carbocycles. The first-order chi connectivity index (χ1) is 9.15. The van der Waals surface area contributed by atoms with Gasteiger partial charge in [-0.2, -0.15) is 0 Å². The molecule has 0 bridgehead atoms. The summed E-state index contributed by atoms with van der Waals surface area (Å²) in [7, 11) is 0. The second-order valence-corrected chi connectivity index (χ2v) is 7.42. The maximum atomic E-state index is 3.86. The summed E-state index contributed by atoms with van der Waals surface area (Å²) < 4.78 is 0. The first kappa shape index (κ1) is 15.4. The van der Waals surface area contributed by atoms with E-state index < -0.39 is 0 Å². The van der Waals surface area contributed by atoms with E-state index in [1.807, 2.05) is 0 Å². The molecular formula is C18H35N. The van der Waals surface area contributed by atoms with Crippen LogP contribution in [0.15, 0.2) is 0 Å². The molecule has 0 aromatic carbocycles. The Kier molecular flexibility index (Phi) is 5.34. The minimum absolute atomic E-state index is 0.661. The smallest absolute Gasteiger partial charge is 0.00982 e. The summed E-state index contributed by atoms with van der Waals surface area (Å²) in [5, 5.41) is 3.86. The fourth-order valence-corrected chi connectivity index (χ4v) is 4.69. The van der Waals surface area contributed by atoms with Crippen molar-refractivity contribution in [3.63, 3.8) is 0 Å². The molecule has 2 aliphatic rings. The number of hydrogen-bond donors (Lipinski definition) is 1. The number of fused-ring (bicyclic) bond motifs is 1. The first-order valence-electron chi connectivity index (χ1n) is 8.89. The van der Waals surface area contributed by atoms with Gasteiger partial charge in [-0.3, -0.25) is 0 Å². The van der Waals surface area contributed by atoms with Gasteiger partial charge in [0.1, 0.15) is 0 Å². The van der Waals surface area contributed by atoms with Crippen molar-refractivity contribution >= 4 is 0 Å². The maximum Gasteiger partial charge on any atom is 0.00982 e. The van der Waals surface area contributed by atoms with Crippen LogP contribution in [0.5, 0.6) is 0 Å². The van der Waals surface area contributed by atoms with Crippen molar-refractivity contribution in [1.82, 2.24) is 5.32 Å². The van der Waals surface area contributed by atoms with Gasteiger partial charge in [0.25, 0.3) is 0 Å². The summed E-state index contributed by atoms with van der Waals surface area (Å²) in [5.41, 5.74) is 0.661. The zero-order valence-electron chi connectivity index (χ0n) is 13.7. The molecule has 2 fully saturated rings. The van der Waals surface area contributed by atoms with Crippen LogP contribution in [-0.4, -0.2) is 12.6 Å². The lowest BCUT2D eigenvalue weighted by atomic mass is 9.76. The molecule has 112 valence electrons. The minimum Gasteiger partial charge on any atom is -0.314 e. The van der Waals surface area contributed by atoms with Crippen LogP contribution in [0.25, 0.3) is 0 Å². The van der Waals surface area contributed by atoms with Crippen molar-refractivity contribution in [2.24, 2.45) is 23.2 Å². The van der Waals surface area contributed by atoms with Gasteiger partial charge in [-0.15, -0.1) is 0 Å². The van der Waals surface area contributed by atoms with Gasteiger partial charge in [-0.1, -0.05) is 47.0 Å². The summed E-state index contributed by atoms with van der Waals surface area (Å²) in [4.78, 5) is 0. The number of rotatable bonds is 4. The number of hydrogen-bond acceptors (Lipinski definition) is 1. The van der Waals surface area contributed by atoms with Crippen molar-refractivity contribution in [3.05, 3.63) is 0 Å². The molecule has 0 aromatic rings. The molecule has 0 radical (unpaired) electrons. The van der Waals surface area contributed by atoms with Crippen LogP contribution in [0.1, 0.15) is 79.1 Å². The van der Waals surface area contributed by atoms with E-state index in [1.165, 1.54) is 57.9 Å². The first-order valence-corrected chi connectivity index (χ1v) is 8.89. The Labute approximate surface area is 120 Å². The van der Waals surface area contributed by atoms with Crippen LogP contribution in [-0.2, 0) is 0 Å². The molecule has 1 nitrogen and oxygen atoms in total. The monoisotopic (exact) mass is 265 g/mol. The van der Waals surface area contributed by atoms with Crippen LogP contribution in [0.2, 0.25) is 0 Å². The molecule has 0 spiro atoms. The molecule has 0 amide bonds.